The van der Waals surface area contributed by atoms with Crippen LogP contribution in [0.3, 0.4) is 0 Å². The van der Waals surface area contributed by atoms with E-state index in [1.807, 2.05) is 24.4 Å². The lowest BCUT2D eigenvalue weighted by molar-refractivity contribution is 0.178. The summed E-state index contributed by atoms with van der Waals surface area (Å²) in [5.74, 6) is 1.25. The van der Waals surface area contributed by atoms with E-state index in [-0.39, 0.29) is 6.03 Å². The van der Waals surface area contributed by atoms with Gasteiger partial charge in [0.2, 0.25) is 0 Å². The quantitative estimate of drug-likeness (QED) is 0.738. The van der Waals surface area contributed by atoms with Crippen molar-refractivity contribution in [3.63, 3.8) is 0 Å². The van der Waals surface area contributed by atoms with Crippen LogP contribution < -0.4 is 16.4 Å². The number of urea groups is 1. The monoisotopic (exact) mass is 389 g/mol. The minimum atomic E-state index is -0.316. The lowest BCUT2D eigenvalue weighted by atomic mass is 9.79. The molecule has 6 heteroatoms. The zero-order chi connectivity index (χ0) is 20.2. The smallest absolute Gasteiger partial charge is 0.314 e. The van der Waals surface area contributed by atoms with E-state index in [1.54, 1.807) is 4.90 Å². The van der Waals surface area contributed by atoms with Gasteiger partial charge in [-0.25, -0.2) is 4.79 Å². The molecule has 1 saturated heterocycles. The molecule has 1 aromatic carbocycles. The first-order valence-electron chi connectivity index (χ1n) is 10.3. The molecule has 4 N–H and O–H groups in total. The molecular formula is C23H27N5O. The number of fused-ring (bicyclic) bond motifs is 1. The van der Waals surface area contributed by atoms with Crippen LogP contribution >= 0.6 is 0 Å². The van der Waals surface area contributed by atoms with Crippen molar-refractivity contribution >= 4 is 11.6 Å². The van der Waals surface area contributed by atoms with Gasteiger partial charge in [-0.1, -0.05) is 24.3 Å². The third-order valence-electron chi connectivity index (χ3n) is 6.17. The number of nitrogens with one attached hydrogen (secondary N) is 2. The maximum Gasteiger partial charge on any atom is 0.314 e. The zero-order valence-corrected chi connectivity index (χ0v) is 16.5. The van der Waals surface area contributed by atoms with Crippen molar-refractivity contribution in [1.82, 2.24) is 15.5 Å². The number of hydrogen-bond acceptors (Lipinski definition) is 4. The molecule has 2 aliphatic heterocycles. The SMILES string of the molecule is N#Cc1cccc(C2=CC3C=CNCC3C(NCC3CCN(C(N)=O)CC3)=C2)c1. The van der Waals surface area contributed by atoms with Crippen molar-refractivity contribution < 1.29 is 4.79 Å². The number of nitriles is 1. The first kappa shape index (κ1) is 19.1. The Balaban J connectivity index is 1.49. The number of piperidine rings is 1. The van der Waals surface area contributed by atoms with Gasteiger partial charge in [0, 0.05) is 43.7 Å². The molecule has 2 amide bonds. The van der Waals surface area contributed by atoms with Crippen LogP contribution in [-0.4, -0.2) is 37.1 Å². The molecule has 3 aliphatic rings. The fraction of sp³-hybridized carbons (Fsp3) is 0.391. The summed E-state index contributed by atoms with van der Waals surface area (Å²) < 4.78 is 0. The van der Waals surface area contributed by atoms with Gasteiger partial charge in [-0.15, -0.1) is 0 Å². The molecule has 1 aliphatic carbocycles. The van der Waals surface area contributed by atoms with Gasteiger partial charge in [-0.05, 0) is 54.3 Å². The van der Waals surface area contributed by atoms with Crippen LogP contribution in [0.2, 0.25) is 0 Å². The predicted octanol–water partition coefficient (Wildman–Crippen LogP) is 2.57. The van der Waals surface area contributed by atoms with Crippen molar-refractivity contribution in [3.8, 4) is 6.07 Å². The second kappa shape index (κ2) is 8.44. The summed E-state index contributed by atoms with van der Waals surface area (Å²) in [5, 5.41) is 16.3. The highest BCUT2D eigenvalue weighted by atomic mass is 16.2. The first-order chi connectivity index (χ1) is 14.1. The summed E-state index contributed by atoms with van der Waals surface area (Å²) in [6.45, 7) is 3.28. The minimum absolute atomic E-state index is 0.316. The lowest BCUT2D eigenvalue weighted by Crippen LogP contribution is -2.44. The third-order valence-corrected chi connectivity index (χ3v) is 6.17. The second-order valence-corrected chi connectivity index (χ2v) is 8.02. The number of hydrogen-bond donors (Lipinski definition) is 3. The molecule has 2 atom stereocenters. The highest BCUT2D eigenvalue weighted by Crippen LogP contribution is 2.34. The molecule has 2 unspecified atom stereocenters. The van der Waals surface area contributed by atoms with Crippen molar-refractivity contribution in [3.05, 3.63) is 65.5 Å². The average Bonchev–Trinajstić information content (AvgIpc) is 2.77. The number of likely N-dealkylation sites (tertiary alicyclic amines) is 1. The second-order valence-electron chi connectivity index (χ2n) is 8.02. The van der Waals surface area contributed by atoms with E-state index in [0.29, 0.717) is 23.3 Å². The van der Waals surface area contributed by atoms with Crippen LogP contribution in [0.5, 0.6) is 0 Å². The Morgan fingerprint density at radius 2 is 2.17 bits per heavy atom. The van der Waals surface area contributed by atoms with Crippen LogP contribution in [0.25, 0.3) is 5.57 Å². The molecule has 0 aromatic heterocycles. The maximum absolute atomic E-state index is 11.3. The highest BCUT2D eigenvalue weighted by molar-refractivity contribution is 5.77. The number of primary amides is 1. The Kier molecular flexibility index (Phi) is 5.57. The Bertz CT molecular complexity index is 902. The number of amides is 2. The van der Waals surface area contributed by atoms with Crippen LogP contribution in [0.15, 0.2) is 54.4 Å². The summed E-state index contributed by atoms with van der Waals surface area (Å²) >= 11 is 0. The minimum Gasteiger partial charge on any atom is -0.390 e. The number of allylic oxidation sites excluding steroid dienone is 4. The fourth-order valence-electron chi connectivity index (χ4n) is 4.41. The molecule has 0 spiro atoms. The van der Waals surface area contributed by atoms with Gasteiger partial charge in [0.1, 0.15) is 0 Å². The van der Waals surface area contributed by atoms with E-state index in [9.17, 15) is 10.1 Å². The van der Waals surface area contributed by atoms with Gasteiger partial charge in [-0.2, -0.15) is 5.26 Å². The standard InChI is InChI=1S/C23H27N5O/c24-13-17-2-1-3-18(10-17)20-11-19-4-7-26-15-21(19)22(12-20)27-14-16-5-8-28(9-6-16)23(25)29/h1-4,7,10-12,16,19,21,26-27H,5-6,8-9,14-15H2,(H2,25,29). The van der Waals surface area contributed by atoms with E-state index in [1.165, 1.54) is 5.70 Å². The van der Waals surface area contributed by atoms with E-state index < -0.39 is 0 Å². The molecular weight excluding hydrogens is 362 g/mol. The Labute approximate surface area is 171 Å². The fourth-order valence-corrected chi connectivity index (χ4v) is 4.41. The highest BCUT2D eigenvalue weighted by Gasteiger charge is 2.29. The number of nitrogens with two attached hydrogens (primary N) is 1. The Morgan fingerprint density at radius 1 is 1.34 bits per heavy atom. The molecule has 0 saturated carbocycles. The van der Waals surface area contributed by atoms with Crippen molar-refractivity contribution in [2.45, 2.75) is 12.8 Å². The average molecular weight is 390 g/mol. The number of benzene rings is 1. The van der Waals surface area contributed by atoms with E-state index in [2.05, 4.69) is 41.0 Å². The van der Waals surface area contributed by atoms with Crippen molar-refractivity contribution in [2.75, 3.05) is 26.2 Å². The summed E-state index contributed by atoms with van der Waals surface area (Å²) in [7, 11) is 0. The summed E-state index contributed by atoms with van der Waals surface area (Å²) in [6.07, 6.45) is 10.7. The Hall–Kier alpha value is -3.20. The van der Waals surface area contributed by atoms with Crippen LogP contribution in [0.1, 0.15) is 24.0 Å². The van der Waals surface area contributed by atoms with Crippen LogP contribution in [0, 0.1) is 29.1 Å². The van der Waals surface area contributed by atoms with Gasteiger partial charge in [0.15, 0.2) is 0 Å². The lowest BCUT2D eigenvalue weighted by Gasteiger charge is -2.35. The Morgan fingerprint density at radius 3 is 2.93 bits per heavy atom. The predicted molar refractivity (Wildman–Crippen MR) is 113 cm³/mol. The van der Waals surface area contributed by atoms with E-state index in [4.69, 9.17) is 5.73 Å². The molecule has 0 radical (unpaired) electrons. The number of carbonyl (C=O) groups is 1. The van der Waals surface area contributed by atoms with Gasteiger partial charge >= 0.3 is 6.03 Å². The normalized spacial score (nSPS) is 23.9. The summed E-state index contributed by atoms with van der Waals surface area (Å²) in [6, 6.07) is 9.70. The first-order valence-corrected chi connectivity index (χ1v) is 10.3. The molecule has 29 heavy (non-hydrogen) atoms. The molecule has 150 valence electrons. The van der Waals surface area contributed by atoms with Crippen LogP contribution in [0.4, 0.5) is 4.79 Å². The maximum atomic E-state index is 11.3. The number of nitrogens with zero attached hydrogens (tertiary/aromatic N) is 2. The van der Waals surface area contributed by atoms with Gasteiger partial charge in [0.25, 0.3) is 0 Å². The van der Waals surface area contributed by atoms with Gasteiger partial charge in [-0.3, -0.25) is 0 Å². The zero-order valence-electron chi connectivity index (χ0n) is 16.5. The third kappa shape index (κ3) is 4.29. The van der Waals surface area contributed by atoms with E-state index >= 15 is 0 Å². The van der Waals surface area contributed by atoms with Gasteiger partial charge in [0.05, 0.1) is 11.6 Å². The largest absolute Gasteiger partial charge is 0.390 e. The molecule has 2 heterocycles. The molecule has 6 nitrogen and oxygen atoms in total. The molecule has 1 fully saturated rings. The molecule has 4 rings (SSSR count). The summed E-state index contributed by atoms with van der Waals surface area (Å²) in [4.78, 5) is 13.1. The van der Waals surface area contributed by atoms with Gasteiger partial charge < -0.3 is 21.3 Å². The van der Waals surface area contributed by atoms with Crippen LogP contribution in [-0.2, 0) is 0 Å². The van der Waals surface area contributed by atoms with Crippen molar-refractivity contribution in [2.24, 2.45) is 23.5 Å². The van der Waals surface area contributed by atoms with Crippen molar-refractivity contribution in [1.29, 1.82) is 5.26 Å². The molecule has 1 aromatic rings. The molecule has 0 bridgehead atoms. The number of carbonyl (C=O) groups excluding carboxylic acids is 1. The number of rotatable bonds is 4. The van der Waals surface area contributed by atoms with E-state index in [0.717, 1.165) is 50.2 Å². The summed E-state index contributed by atoms with van der Waals surface area (Å²) in [5.41, 5.74) is 9.53. The topological polar surface area (TPSA) is 94.2 Å².